The highest BCUT2D eigenvalue weighted by molar-refractivity contribution is 6.30. The number of amides is 1. The zero-order valence-electron chi connectivity index (χ0n) is 16.8. The minimum atomic E-state index is -0.987. The van der Waals surface area contributed by atoms with Crippen molar-refractivity contribution in [3.63, 3.8) is 0 Å². The standard InChI is InChI=1S/C25H22ClNO4/c26-18-7-5-6-16(13-18)12-17(24(28)29)14-27-25(30)31-15-23-21-10-3-1-8-19(21)20-9-2-4-11-22(20)23/h1-11,13,17,23H,12,14-15H2,(H,27,30)(H,28,29)/t17-/m0/s1. The summed E-state index contributed by atoms with van der Waals surface area (Å²) in [4.78, 5) is 23.9. The highest BCUT2D eigenvalue weighted by Gasteiger charge is 2.29. The van der Waals surface area contributed by atoms with Gasteiger partial charge in [0.05, 0.1) is 5.92 Å². The lowest BCUT2D eigenvalue weighted by atomic mass is 9.98. The Morgan fingerprint density at radius 3 is 2.23 bits per heavy atom. The summed E-state index contributed by atoms with van der Waals surface area (Å²) in [5.74, 6) is -1.81. The summed E-state index contributed by atoms with van der Waals surface area (Å²) in [6.45, 7) is 0.157. The maximum Gasteiger partial charge on any atom is 0.407 e. The normalized spacial score (nSPS) is 13.2. The van der Waals surface area contributed by atoms with Crippen molar-refractivity contribution in [2.24, 2.45) is 5.92 Å². The van der Waals surface area contributed by atoms with Crippen LogP contribution in [-0.4, -0.2) is 30.3 Å². The zero-order chi connectivity index (χ0) is 21.8. The Morgan fingerprint density at radius 1 is 0.968 bits per heavy atom. The lowest BCUT2D eigenvalue weighted by Crippen LogP contribution is -2.35. The maximum atomic E-state index is 12.3. The van der Waals surface area contributed by atoms with Gasteiger partial charge in [0.1, 0.15) is 6.61 Å². The summed E-state index contributed by atoms with van der Waals surface area (Å²) >= 11 is 5.97. The van der Waals surface area contributed by atoms with Crippen LogP contribution in [0.4, 0.5) is 4.79 Å². The van der Waals surface area contributed by atoms with Crippen LogP contribution in [0, 0.1) is 5.92 Å². The Morgan fingerprint density at radius 2 is 1.61 bits per heavy atom. The zero-order valence-corrected chi connectivity index (χ0v) is 17.5. The van der Waals surface area contributed by atoms with E-state index in [0.717, 1.165) is 27.8 Å². The van der Waals surface area contributed by atoms with Crippen molar-refractivity contribution >= 4 is 23.7 Å². The first kappa shape index (κ1) is 20.9. The molecular weight excluding hydrogens is 414 g/mol. The molecule has 1 atom stereocenters. The number of halogens is 1. The van der Waals surface area contributed by atoms with Crippen LogP contribution in [0.1, 0.15) is 22.6 Å². The molecule has 158 valence electrons. The molecular formula is C25H22ClNO4. The third kappa shape index (κ3) is 4.72. The van der Waals surface area contributed by atoms with E-state index in [0.29, 0.717) is 5.02 Å². The number of benzene rings is 3. The van der Waals surface area contributed by atoms with Gasteiger partial charge in [-0.15, -0.1) is 0 Å². The molecule has 1 amide bonds. The number of ether oxygens (including phenoxy) is 1. The minimum absolute atomic E-state index is 0.0292. The number of carbonyl (C=O) groups is 2. The second kappa shape index (κ2) is 9.23. The molecule has 0 spiro atoms. The number of carboxylic acids is 1. The summed E-state index contributed by atoms with van der Waals surface area (Å²) in [6.07, 6.45) is -0.362. The summed E-state index contributed by atoms with van der Waals surface area (Å²) in [5, 5.41) is 12.7. The van der Waals surface area contributed by atoms with Gasteiger partial charge >= 0.3 is 12.1 Å². The summed E-state index contributed by atoms with van der Waals surface area (Å²) in [7, 11) is 0. The second-order valence-electron chi connectivity index (χ2n) is 7.58. The summed E-state index contributed by atoms with van der Waals surface area (Å²) < 4.78 is 5.48. The van der Waals surface area contributed by atoms with Gasteiger partial charge in [-0.3, -0.25) is 4.79 Å². The van der Waals surface area contributed by atoms with Gasteiger partial charge in [-0.25, -0.2) is 4.79 Å². The average molecular weight is 436 g/mol. The molecule has 0 unspecified atom stereocenters. The van der Waals surface area contributed by atoms with Crippen LogP contribution in [0.5, 0.6) is 0 Å². The first-order valence-corrected chi connectivity index (χ1v) is 10.5. The van der Waals surface area contributed by atoms with Crippen LogP contribution >= 0.6 is 11.6 Å². The van der Waals surface area contributed by atoms with Gasteiger partial charge in [0.25, 0.3) is 0 Å². The smallest absolute Gasteiger partial charge is 0.407 e. The monoisotopic (exact) mass is 435 g/mol. The fourth-order valence-electron chi connectivity index (χ4n) is 4.05. The molecule has 1 aliphatic carbocycles. The number of carbonyl (C=O) groups excluding carboxylic acids is 1. The van der Waals surface area contributed by atoms with Crippen molar-refractivity contribution in [1.82, 2.24) is 5.32 Å². The molecule has 5 nitrogen and oxygen atoms in total. The van der Waals surface area contributed by atoms with Gasteiger partial charge in [-0.1, -0.05) is 72.3 Å². The lowest BCUT2D eigenvalue weighted by molar-refractivity contribution is -0.141. The number of alkyl carbamates (subject to hydrolysis) is 1. The maximum absolute atomic E-state index is 12.3. The molecule has 3 aromatic carbocycles. The average Bonchev–Trinajstić information content (AvgIpc) is 3.09. The first-order chi connectivity index (χ1) is 15.0. The molecule has 0 saturated carbocycles. The van der Waals surface area contributed by atoms with E-state index in [-0.39, 0.29) is 25.5 Å². The highest BCUT2D eigenvalue weighted by atomic mass is 35.5. The molecule has 0 fully saturated rings. The Labute approximate surface area is 185 Å². The van der Waals surface area contributed by atoms with Crippen LogP contribution < -0.4 is 5.32 Å². The van der Waals surface area contributed by atoms with Crippen molar-refractivity contribution in [3.05, 3.63) is 94.5 Å². The van der Waals surface area contributed by atoms with Gasteiger partial charge in [0, 0.05) is 17.5 Å². The van der Waals surface area contributed by atoms with Gasteiger partial charge in [0.2, 0.25) is 0 Å². The van der Waals surface area contributed by atoms with E-state index in [4.69, 9.17) is 16.3 Å². The molecule has 0 saturated heterocycles. The number of nitrogens with one attached hydrogen (secondary N) is 1. The van der Waals surface area contributed by atoms with E-state index in [2.05, 4.69) is 17.4 Å². The second-order valence-corrected chi connectivity index (χ2v) is 8.01. The van der Waals surface area contributed by atoms with Crippen molar-refractivity contribution in [3.8, 4) is 11.1 Å². The van der Waals surface area contributed by atoms with Crippen molar-refractivity contribution < 1.29 is 19.4 Å². The molecule has 0 aromatic heterocycles. The Hall–Kier alpha value is -3.31. The Balaban J connectivity index is 1.36. The van der Waals surface area contributed by atoms with E-state index in [1.54, 1.807) is 18.2 Å². The summed E-state index contributed by atoms with van der Waals surface area (Å²) in [5.41, 5.74) is 5.36. The molecule has 1 aliphatic rings. The summed E-state index contributed by atoms with van der Waals surface area (Å²) in [6, 6.07) is 23.2. The fraction of sp³-hybridized carbons (Fsp3) is 0.200. The Bertz CT molecular complexity index is 1070. The molecule has 0 radical (unpaired) electrons. The third-order valence-electron chi connectivity index (χ3n) is 5.56. The van der Waals surface area contributed by atoms with Crippen LogP contribution in [0.15, 0.2) is 72.8 Å². The molecule has 6 heteroatoms. The molecule has 3 aromatic rings. The fourth-order valence-corrected chi connectivity index (χ4v) is 4.26. The third-order valence-corrected chi connectivity index (χ3v) is 5.79. The first-order valence-electron chi connectivity index (χ1n) is 10.1. The van der Waals surface area contributed by atoms with E-state index in [1.165, 1.54) is 0 Å². The molecule has 0 aliphatic heterocycles. The largest absolute Gasteiger partial charge is 0.481 e. The number of aliphatic carboxylic acids is 1. The molecule has 4 rings (SSSR count). The predicted molar refractivity (Wildman–Crippen MR) is 119 cm³/mol. The number of hydrogen-bond donors (Lipinski definition) is 2. The van der Waals surface area contributed by atoms with Gasteiger partial charge in [0.15, 0.2) is 0 Å². The van der Waals surface area contributed by atoms with Crippen LogP contribution in [0.2, 0.25) is 5.02 Å². The van der Waals surface area contributed by atoms with Crippen LogP contribution in [-0.2, 0) is 16.0 Å². The number of rotatable bonds is 7. The van der Waals surface area contributed by atoms with Gasteiger partial charge in [-0.2, -0.15) is 0 Å². The Kier molecular flexibility index (Phi) is 6.23. The lowest BCUT2D eigenvalue weighted by Gasteiger charge is -2.16. The van der Waals surface area contributed by atoms with E-state index < -0.39 is 18.0 Å². The van der Waals surface area contributed by atoms with Gasteiger partial charge < -0.3 is 15.2 Å². The topological polar surface area (TPSA) is 75.6 Å². The van der Waals surface area contributed by atoms with Crippen LogP contribution in [0.25, 0.3) is 11.1 Å². The van der Waals surface area contributed by atoms with E-state index >= 15 is 0 Å². The van der Waals surface area contributed by atoms with Crippen LogP contribution in [0.3, 0.4) is 0 Å². The van der Waals surface area contributed by atoms with Gasteiger partial charge in [-0.05, 0) is 46.4 Å². The quantitative estimate of drug-likeness (QED) is 0.540. The number of carboxylic acid groups (broad SMARTS) is 1. The number of fused-ring (bicyclic) bond motifs is 3. The SMILES string of the molecule is O=C(NC[C@H](Cc1cccc(Cl)c1)C(=O)O)OCC1c2ccccc2-c2ccccc21. The molecule has 2 N–H and O–H groups in total. The van der Waals surface area contributed by atoms with E-state index in [1.807, 2.05) is 42.5 Å². The number of hydrogen-bond acceptors (Lipinski definition) is 3. The predicted octanol–water partition coefficient (Wildman–Crippen LogP) is 5.12. The van der Waals surface area contributed by atoms with E-state index in [9.17, 15) is 14.7 Å². The minimum Gasteiger partial charge on any atom is -0.481 e. The van der Waals surface area contributed by atoms with Crippen molar-refractivity contribution in [2.45, 2.75) is 12.3 Å². The molecule has 0 bridgehead atoms. The highest BCUT2D eigenvalue weighted by Crippen LogP contribution is 2.44. The molecule has 0 heterocycles. The molecule has 31 heavy (non-hydrogen) atoms. The van der Waals surface area contributed by atoms with Crippen molar-refractivity contribution in [2.75, 3.05) is 13.2 Å². The van der Waals surface area contributed by atoms with Crippen molar-refractivity contribution in [1.29, 1.82) is 0 Å².